The van der Waals surface area contributed by atoms with Crippen molar-refractivity contribution in [2.45, 2.75) is 145 Å². The number of carbonyl (C=O) groups is 3. The number of nitrogens with one attached hydrogen (secondary N) is 2. The zero-order valence-corrected chi connectivity index (χ0v) is 27.9. The third-order valence-electron chi connectivity index (χ3n) is 12.6. The van der Waals surface area contributed by atoms with Crippen molar-refractivity contribution in [3.63, 3.8) is 0 Å². The number of piperidine rings is 1. The number of hydrogen-bond acceptors (Lipinski definition) is 7. The molecule has 10 heteroatoms. The number of nitrogens with two attached hydrogens (primary N) is 1. The first kappa shape index (κ1) is 32.4. The van der Waals surface area contributed by atoms with Gasteiger partial charge in [-0.3, -0.25) is 19.5 Å². The fourth-order valence-corrected chi connectivity index (χ4v) is 11.3. The maximum Gasteiger partial charge on any atom is 0.315 e. The Hall–Kier alpha value is -1.52. The third-order valence-corrected chi connectivity index (χ3v) is 14.1. The number of hydrogen-bond donors (Lipinski definition) is 3. The van der Waals surface area contributed by atoms with Crippen molar-refractivity contribution in [1.82, 2.24) is 20.5 Å². The van der Waals surface area contributed by atoms with E-state index in [-0.39, 0.29) is 42.0 Å². The van der Waals surface area contributed by atoms with Gasteiger partial charge in [-0.25, -0.2) is 10.6 Å². The lowest BCUT2D eigenvalue weighted by Crippen LogP contribution is -2.52. The number of fused-ring (bicyclic) bond motifs is 3. The van der Waals surface area contributed by atoms with Crippen molar-refractivity contribution in [2.24, 2.45) is 35.4 Å². The van der Waals surface area contributed by atoms with Gasteiger partial charge in [-0.15, -0.1) is 0 Å². The first-order valence-corrected chi connectivity index (χ1v) is 19.0. The van der Waals surface area contributed by atoms with E-state index in [9.17, 15) is 14.4 Å². The van der Waals surface area contributed by atoms with E-state index in [1.54, 1.807) is 0 Å². The summed E-state index contributed by atoms with van der Waals surface area (Å²) in [6.45, 7) is 2.89. The Morgan fingerprint density at radius 1 is 1.00 bits per heavy atom. The predicted octanol–water partition coefficient (Wildman–Crippen LogP) is 4.83. The lowest BCUT2D eigenvalue weighted by atomic mass is 9.67. The fourth-order valence-electron chi connectivity index (χ4n) is 9.77. The van der Waals surface area contributed by atoms with Gasteiger partial charge in [0.2, 0.25) is 5.91 Å². The summed E-state index contributed by atoms with van der Waals surface area (Å²) in [5.41, 5.74) is 0. The number of esters is 1. The predicted molar refractivity (Wildman–Crippen MR) is 174 cm³/mol. The zero-order valence-electron chi connectivity index (χ0n) is 27.1. The number of hydrazine groups is 1. The molecule has 0 aromatic heterocycles. The Kier molecular flexibility index (Phi) is 10.7. The van der Waals surface area contributed by atoms with Crippen molar-refractivity contribution in [1.29, 1.82) is 0 Å². The Morgan fingerprint density at radius 2 is 1.77 bits per heavy atom. The lowest BCUT2D eigenvalue weighted by Gasteiger charge is -2.46. The Labute approximate surface area is 268 Å². The zero-order chi connectivity index (χ0) is 30.8. The molecule has 2 aliphatic carbocycles. The first-order valence-electron chi connectivity index (χ1n) is 17.9. The van der Waals surface area contributed by atoms with Crippen LogP contribution in [-0.4, -0.2) is 82.7 Å². The fraction of sp³-hybridized carbons (Fsp3) is 0.912. The second-order valence-corrected chi connectivity index (χ2v) is 16.5. The minimum Gasteiger partial charge on any atom is -0.465 e. The van der Waals surface area contributed by atoms with Crippen LogP contribution in [0.4, 0.5) is 4.79 Å². The van der Waals surface area contributed by atoms with E-state index < -0.39 is 0 Å². The van der Waals surface area contributed by atoms with E-state index in [1.165, 1.54) is 43.5 Å². The molecule has 0 radical (unpaired) electrons. The monoisotopic (exact) mass is 631 g/mol. The van der Waals surface area contributed by atoms with Crippen LogP contribution >= 0.6 is 11.8 Å². The van der Waals surface area contributed by atoms with Crippen molar-refractivity contribution in [2.75, 3.05) is 19.4 Å². The molecule has 9 nitrogen and oxygen atoms in total. The molecule has 2 saturated carbocycles. The molecule has 0 aromatic rings. The highest BCUT2D eigenvalue weighted by molar-refractivity contribution is 8.00. The van der Waals surface area contributed by atoms with Gasteiger partial charge in [-0.1, -0.05) is 26.2 Å². The maximum absolute atomic E-state index is 13.6. The molecule has 2 bridgehead atoms. The number of nitrogens with zero attached hydrogens (tertiary/aromatic N) is 2. The molecule has 4 heterocycles. The summed E-state index contributed by atoms with van der Waals surface area (Å²) >= 11 is 1.92. The van der Waals surface area contributed by atoms with Crippen LogP contribution in [0.5, 0.6) is 0 Å². The SMILES string of the molecule is CC1CCC([C@H]2C[C@H]3CCC(C2C(=O)OCCC2CCC(N(N)C(=O)CCCCC4SCC5NC(=O)NC54)CC2)N3C)CC1. The highest BCUT2D eigenvalue weighted by Gasteiger charge is 2.51. The summed E-state index contributed by atoms with van der Waals surface area (Å²) in [5, 5.41) is 7.97. The minimum absolute atomic E-state index is 0.0409. The van der Waals surface area contributed by atoms with Gasteiger partial charge in [0.25, 0.3) is 0 Å². The highest BCUT2D eigenvalue weighted by atomic mass is 32.2. The summed E-state index contributed by atoms with van der Waals surface area (Å²) in [4.78, 5) is 40.5. The van der Waals surface area contributed by atoms with Crippen molar-refractivity contribution in [3.05, 3.63) is 0 Å². The van der Waals surface area contributed by atoms with E-state index in [0.29, 0.717) is 48.1 Å². The van der Waals surface area contributed by atoms with E-state index in [1.807, 2.05) is 11.8 Å². The van der Waals surface area contributed by atoms with Gasteiger partial charge in [0.15, 0.2) is 0 Å². The van der Waals surface area contributed by atoms with Gasteiger partial charge in [0, 0.05) is 35.5 Å². The van der Waals surface area contributed by atoms with Gasteiger partial charge in [0.1, 0.15) is 0 Å². The summed E-state index contributed by atoms with van der Waals surface area (Å²) in [5.74, 6) is 9.98. The number of ether oxygens (including phenoxy) is 1. The molecule has 4 saturated heterocycles. The van der Waals surface area contributed by atoms with E-state index in [4.69, 9.17) is 10.6 Å². The van der Waals surface area contributed by atoms with Crippen LogP contribution in [0.1, 0.15) is 110 Å². The quantitative estimate of drug-likeness (QED) is 0.0747. The van der Waals surface area contributed by atoms with Crippen LogP contribution in [0.3, 0.4) is 0 Å². The number of amides is 3. The van der Waals surface area contributed by atoms with E-state index in [2.05, 4.69) is 29.5 Å². The molecular weight excluding hydrogens is 574 g/mol. The second kappa shape index (κ2) is 14.5. The number of rotatable bonds is 11. The van der Waals surface area contributed by atoms with E-state index >= 15 is 0 Å². The summed E-state index contributed by atoms with van der Waals surface area (Å²) in [6.07, 6.45) is 16.8. The van der Waals surface area contributed by atoms with Crippen molar-refractivity contribution in [3.8, 4) is 0 Å². The Morgan fingerprint density at radius 3 is 2.55 bits per heavy atom. The number of thioether (sulfide) groups is 1. The molecule has 6 fully saturated rings. The van der Waals surface area contributed by atoms with Crippen LogP contribution in [0.15, 0.2) is 0 Å². The average molecular weight is 632 g/mol. The van der Waals surface area contributed by atoms with Gasteiger partial charge in [0.05, 0.1) is 24.6 Å². The van der Waals surface area contributed by atoms with Crippen molar-refractivity contribution < 1.29 is 19.1 Å². The van der Waals surface area contributed by atoms with Crippen LogP contribution in [0, 0.1) is 29.6 Å². The molecule has 4 N–H and O–H groups in total. The van der Waals surface area contributed by atoms with Crippen LogP contribution in [0.2, 0.25) is 0 Å². The summed E-state index contributed by atoms with van der Waals surface area (Å²) < 4.78 is 6.08. The van der Waals surface area contributed by atoms with Crippen LogP contribution in [0.25, 0.3) is 0 Å². The van der Waals surface area contributed by atoms with Gasteiger partial charge in [-0.05, 0) is 108 Å². The average Bonchev–Trinajstić information content (AvgIpc) is 3.64. The van der Waals surface area contributed by atoms with Crippen molar-refractivity contribution >= 4 is 29.7 Å². The third kappa shape index (κ3) is 7.22. The molecule has 3 amide bonds. The topological polar surface area (TPSA) is 117 Å². The van der Waals surface area contributed by atoms with Gasteiger partial charge < -0.3 is 15.4 Å². The Bertz CT molecular complexity index is 1020. The molecule has 0 aromatic carbocycles. The maximum atomic E-state index is 13.6. The molecule has 5 unspecified atom stereocenters. The second-order valence-electron chi connectivity index (χ2n) is 15.2. The number of carbonyl (C=O) groups excluding carboxylic acids is 3. The van der Waals surface area contributed by atoms with Gasteiger partial charge in [-0.2, -0.15) is 11.8 Å². The summed E-state index contributed by atoms with van der Waals surface area (Å²) in [7, 11) is 2.23. The molecule has 248 valence electrons. The van der Waals surface area contributed by atoms with Crippen LogP contribution in [-0.2, 0) is 14.3 Å². The molecule has 7 atom stereocenters. The molecule has 4 aliphatic heterocycles. The lowest BCUT2D eigenvalue weighted by molar-refractivity contribution is -0.158. The van der Waals surface area contributed by atoms with Gasteiger partial charge >= 0.3 is 12.0 Å². The van der Waals surface area contributed by atoms with Crippen LogP contribution < -0.4 is 16.5 Å². The summed E-state index contributed by atoms with van der Waals surface area (Å²) in [6, 6.07) is 1.54. The largest absolute Gasteiger partial charge is 0.465 e. The standard InChI is InChI=1S/C34H57N5O4S/c1-21-7-11-23(12-8-21)26-19-25-15-16-28(38(25)2)31(26)33(41)43-18-17-22-9-13-24(14-10-22)39(35)30(40)6-4-3-5-29-32-27(20-44-29)36-34(42)37-32/h21-29,31-32H,3-20,35H2,1-2H3,(H2,36,37,42)/t21?,22?,23?,24?,25-,26-,27?,28?,29?,31?,32?/m1/s1. The number of urea groups is 1. The molecular formula is C34H57N5O4S. The molecule has 6 rings (SSSR count). The smallest absolute Gasteiger partial charge is 0.315 e. The molecule has 0 spiro atoms. The van der Waals surface area contributed by atoms with E-state index in [0.717, 1.165) is 69.5 Å². The first-order chi connectivity index (χ1) is 21.3. The highest BCUT2D eigenvalue weighted by Crippen LogP contribution is 2.48. The molecule has 6 aliphatic rings. The Balaban J connectivity index is 0.882. The normalized spacial score (nSPS) is 40.2. The number of unbranched alkanes of at least 4 members (excludes halogenated alkanes) is 1. The molecule has 44 heavy (non-hydrogen) atoms. The minimum atomic E-state index is -0.0493.